The number of carbonyl (C=O) groups is 2. The lowest BCUT2D eigenvalue weighted by Crippen LogP contribution is -2.45. The molecule has 148 valence electrons. The summed E-state index contributed by atoms with van der Waals surface area (Å²) in [5, 5.41) is 0. The lowest BCUT2D eigenvalue weighted by Gasteiger charge is -2.29. The molecule has 27 heavy (non-hydrogen) atoms. The second kappa shape index (κ2) is 9.74. The quantitative estimate of drug-likeness (QED) is 0.767. The summed E-state index contributed by atoms with van der Waals surface area (Å²) in [5.41, 5.74) is 1.26. The van der Waals surface area contributed by atoms with Gasteiger partial charge >= 0.3 is 0 Å². The first kappa shape index (κ1) is 19.7. The summed E-state index contributed by atoms with van der Waals surface area (Å²) in [7, 11) is 0. The third-order valence-electron chi connectivity index (χ3n) is 5.33. The van der Waals surface area contributed by atoms with Crippen LogP contribution in [0.15, 0.2) is 24.3 Å². The summed E-state index contributed by atoms with van der Waals surface area (Å²) in [6.07, 6.45) is 3.52. The summed E-state index contributed by atoms with van der Waals surface area (Å²) in [6, 6.07) is 8.26. The van der Waals surface area contributed by atoms with E-state index in [1.807, 2.05) is 24.0 Å². The first-order valence-electron chi connectivity index (χ1n) is 10.2. The van der Waals surface area contributed by atoms with Crippen LogP contribution < -0.4 is 4.74 Å². The van der Waals surface area contributed by atoms with Crippen molar-refractivity contribution in [1.29, 1.82) is 0 Å². The Morgan fingerprint density at radius 1 is 1.00 bits per heavy atom. The molecule has 2 aliphatic rings. The minimum Gasteiger partial charge on any atom is -0.494 e. The van der Waals surface area contributed by atoms with Crippen LogP contribution >= 0.6 is 0 Å². The highest BCUT2D eigenvalue weighted by Crippen LogP contribution is 2.15. The van der Waals surface area contributed by atoms with Gasteiger partial charge in [0.2, 0.25) is 11.8 Å². The van der Waals surface area contributed by atoms with Crippen LogP contribution in [0.4, 0.5) is 0 Å². The molecule has 2 amide bonds. The maximum atomic E-state index is 12.6. The minimum absolute atomic E-state index is 0.0909. The van der Waals surface area contributed by atoms with Gasteiger partial charge in [0.25, 0.3) is 0 Å². The molecule has 0 radical (unpaired) electrons. The number of nitrogens with zero attached hydrogens (tertiary/aromatic N) is 3. The van der Waals surface area contributed by atoms with E-state index in [0.717, 1.165) is 64.3 Å². The van der Waals surface area contributed by atoms with E-state index in [2.05, 4.69) is 17.0 Å². The van der Waals surface area contributed by atoms with Gasteiger partial charge in [0.05, 0.1) is 13.2 Å². The predicted molar refractivity (Wildman–Crippen MR) is 105 cm³/mol. The maximum absolute atomic E-state index is 12.6. The van der Waals surface area contributed by atoms with Crippen molar-refractivity contribution in [3.63, 3.8) is 0 Å². The number of hydrogen-bond acceptors (Lipinski definition) is 4. The van der Waals surface area contributed by atoms with Crippen LogP contribution in [0.5, 0.6) is 5.75 Å². The second-order valence-electron chi connectivity index (χ2n) is 7.36. The van der Waals surface area contributed by atoms with Gasteiger partial charge in [0.1, 0.15) is 5.75 Å². The van der Waals surface area contributed by atoms with E-state index in [4.69, 9.17) is 4.74 Å². The molecule has 0 unspecified atom stereocenters. The average Bonchev–Trinajstić information content (AvgIpc) is 2.91. The van der Waals surface area contributed by atoms with Gasteiger partial charge in [-0.05, 0) is 43.9 Å². The third-order valence-corrected chi connectivity index (χ3v) is 5.33. The molecule has 3 rings (SSSR count). The van der Waals surface area contributed by atoms with E-state index in [-0.39, 0.29) is 18.4 Å². The highest BCUT2D eigenvalue weighted by atomic mass is 16.5. The van der Waals surface area contributed by atoms with Crippen molar-refractivity contribution in [2.75, 3.05) is 45.9 Å². The number of benzene rings is 1. The van der Waals surface area contributed by atoms with Crippen LogP contribution in [-0.4, -0.2) is 72.4 Å². The molecular formula is C21H31N3O3. The molecule has 0 N–H and O–H groups in total. The smallest absolute Gasteiger partial charge is 0.242 e. The van der Waals surface area contributed by atoms with E-state index in [1.165, 1.54) is 5.56 Å². The van der Waals surface area contributed by atoms with Crippen LogP contribution in [0.25, 0.3) is 0 Å². The molecular weight excluding hydrogens is 342 g/mol. The lowest BCUT2D eigenvalue weighted by molar-refractivity contribution is -0.141. The zero-order chi connectivity index (χ0) is 19.1. The number of likely N-dealkylation sites (tertiary alicyclic amines) is 1. The van der Waals surface area contributed by atoms with Gasteiger partial charge in [-0.2, -0.15) is 0 Å². The molecule has 2 aliphatic heterocycles. The first-order valence-corrected chi connectivity index (χ1v) is 10.2. The van der Waals surface area contributed by atoms with Crippen LogP contribution in [0.1, 0.15) is 38.2 Å². The Kier molecular flexibility index (Phi) is 7.10. The molecule has 0 bridgehead atoms. The summed E-state index contributed by atoms with van der Waals surface area (Å²) in [4.78, 5) is 30.6. The van der Waals surface area contributed by atoms with E-state index in [9.17, 15) is 9.59 Å². The Morgan fingerprint density at radius 3 is 2.56 bits per heavy atom. The SMILES string of the molecule is CCOc1ccc(CN2CCCN(C(=O)CN3CCCCC3=O)CC2)cc1. The Balaban J connectivity index is 1.48. The number of ether oxygens (including phenoxy) is 1. The highest BCUT2D eigenvalue weighted by molar-refractivity contribution is 5.85. The van der Waals surface area contributed by atoms with E-state index < -0.39 is 0 Å². The Labute approximate surface area is 162 Å². The van der Waals surface area contributed by atoms with Gasteiger partial charge in [-0.15, -0.1) is 0 Å². The van der Waals surface area contributed by atoms with Crippen molar-refractivity contribution in [2.24, 2.45) is 0 Å². The summed E-state index contributed by atoms with van der Waals surface area (Å²) >= 11 is 0. The topological polar surface area (TPSA) is 53.1 Å². The molecule has 0 aliphatic carbocycles. The van der Waals surface area contributed by atoms with Crippen molar-refractivity contribution < 1.29 is 14.3 Å². The molecule has 2 heterocycles. The maximum Gasteiger partial charge on any atom is 0.242 e. The number of carbonyl (C=O) groups excluding carboxylic acids is 2. The van der Waals surface area contributed by atoms with Gasteiger partial charge in [-0.25, -0.2) is 0 Å². The largest absolute Gasteiger partial charge is 0.494 e. The van der Waals surface area contributed by atoms with Gasteiger partial charge in [0.15, 0.2) is 0 Å². The van der Waals surface area contributed by atoms with Crippen molar-refractivity contribution >= 4 is 11.8 Å². The standard InChI is InChI=1S/C21H31N3O3/c1-2-27-19-9-7-18(8-10-19)16-22-11-5-13-23(15-14-22)21(26)17-24-12-4-3-6-20(24)25/h7-10H,2-6,11-17H2,1H3. The lowest BCUT2D eigenvalue weighted by atomic mass is 10.1. The predicted octanol–water partition coefficient (Wildman–Crippen LogP) is 2.13. The molecule has 2 fully saturated rings. The molecule has 1 aromatic carbocycles. The van der Waals surface area contributed by atoms with Crippen molar-refractivity contribution in [3.8, 4) is 5.75 Å². The van der Waals surface area contributed by atoms with Gasteiger partial charge in [-0.1, -0.05) is 12.1 Å². The second-order valence-corrected chi connectivity index (χ2v) is 7.36. The molecule has 6 heteroatoms. The van der Waals surface area contributed by atoms with Gasteiger partial charge in [-0.3, -0.25) is 14.5 Å². The Hall–Kier alpha value is -2.08. The van der Waals surface area contributed by atoms with E-state index >= 15 is 0 Å². The van der Waals surface area contributed by atoms with Crippen molar-refractivity contribution in [3.05, 3.63) is 29.8 Å². The average molecular weight is 373 g/mol. The highest BCUT2D eigenvalue weighted by Gasteiger charge is 2.24. The molecule has 0 atom stereocenters. The molecule has 2 saturated heterocycles. The monoisotopic (exact) mass is 373 g/mol. The van der Waals surface area contributed by atoms with Crippen molar-refractivity contribution in [2.45, 2.75) is 39.2 Å². The number of hydrogen-bond donors (Lipinski definition) is 0. The number of amides is 2. The van der Waals surface area contributed by atoms with Crippen LogP contribution in [0.2, 0.25) is 0 Å². The fraction of sp³-hybridized carbons (Fsp3) is 0.619. The zero-order valence-corrected chi connectivity index (χ0v) is 16.4. The molecule has 6 nitrogen and oxygen atoms in total. The van der Waals surface area contributed by atoms with E-state index in [0.29, 0.717) is 13.0 Å². The molecule has 0 spiro atoms. The summed E-state index contributed by atoms with van der Waals surface area (Å²) in [6.45, 7) is 7.89. The molecule has 0 aromatic heterocycles. The summed E-state index contributed by atoms with van der Waals surface area (Å²) < 4.78 is 5.50. The van der Waals surface area contributed by atoms with Gasteiger partial charge < -0.3 is 14.5 Å². The fourth-order valence-electron chi connectivity index (χ4n) is 3.79. The molecule has 1 aromatic rings. The van der Waals surface area contributed by atoms with Gasteiger partial charge in [0, 0.05) is 45.7 Å². The minimum atomic E-state index is 0.0909. The fourth-order valence-corrected chi connectivity index (χ4v) is 3.79. The van der Waals surface area contributed by atoms with Crippen LogP contribution in [-0.2, 0) is 16.1 Å². The summed E-state index contributed by atoms with van der Waals surface area (Å²) in [5.74, 6) is 1.12. The van der Waals surface area contributed by atoms with Crippen LogP contribution in [0, 0.1) is 0 Å². The first-order chi connectivity index (χ1) is 13.2. The third kappa shape index (κ3) is 5.70. The Bertz CT molecular complexity index is 632. The van der Waals surface area contributed by atoms with Crippen molar-refractivity contribution in [1.82, 2.24) is 14.7 Å². The normalized spacial score (nSPS) is 19.1. The van der Waals surface area contributed by atoms with Crippen LogP contribution in [0.3, 0.4) is 0 Å². The Morgan fingerprint density at radius 2 is 1.81 bits per heavy atom. The number of piperidine rings is 1. The van der Waals surface area contributed by atoms with E-state index in [1.54, 1.807) is 4.90 Å². The zero-order valence-electron chi connectivity index (χ0n) is 16.4. The molecule has 0 saturated carbocycles. The number of rotatable bonds is 6.